The molecule has 0 aliphatic heterocycles. The second kappa shape index (κ2) is 6.26. The minimum absolute atomic E-state index is 0.241. The number of hydrogen-bond donors (Lipinski definition) is 1. The topological polar surface area (TPSA) is 37.3 Å². The fourth-order valence-corrected chi connectivity index (χ4v) is 2.59. The summed E-state index contributed by atoms with van der Waals surface area (Å²) in [5, 5.41) is 9.23. The second-order valence-corrected chi connectivity index (χ2v) is 5.02. The molecule has 0 bridgehead atoms. The predicted octanol–water partition coefficient (Wildman–Crippen LogP) is 2.93. The van der Waals surface area contributed by atoms with Crippen LogP contribution < -0.4 is 0 Å². The van der Waals surface area contributed by atoms with Gasteiger partial charge in [-0.05, 0) is 38.5 Å². The highest BCUT2D eigenvalue weighted by atomic mass is 16.3. The van der Waals surface area contributed by atoms with E-state index < -0.39 is 0 Å². The highest BCUT2D eigenvalue weighted by Crippen LogP contribution is 2.32. The normalized spacial score (nSPS) is 29.1. The van der Waals surface area contributed by atoms with Crippen LogP contribution in [0, 0.1) is 11.8 Å². The van der Waals surface area contributed by atoms with Gasteiger partial charge < -0.3 is 5.11 Å². The first-order valence-corrected chi connectivity index (χ1v) is 6.34. The van der Waals surface area contributed by atoms with Crippen molar-refractivity contribution >= 4 is 5.78 Å². The molecule has 1 rings (SSSR count). The fraction of sp³-hybridized carbons (Fsp3) is 0.923. The van der Waals surface area contributed by atoms with Gasteiger partial charge in [0.15, 0.2) is 0 Å². The first-order chi connectivity index (χ1) is 7.13. The Bertz CT molecular complexity index is 199. The van der Waals surface area contributed by atoms with E-state index in [1.807, 2.05) is 0 Å². The van der Waals surface area contributed by atoms with Gasteiger partial charge in [0.2, 0.25) is 0 Å². The molecule has 1 aliphatic rings. The lowest BCUT2D eigenvalue weighted by Crippen LogP contribution is -2.25. The molecule has 1 N–H and O–H groups in total. The zero-order chi connectivity index (χ0) is 11.3. The van der Waals surface area contributed by atoms with Gasteiger partial charge in [-0.2, -0.15) is 0 Å². The zero-order valence-electron chi connectivity index (χ0n) is 10.0. The number of carbonyl (C=O) groups is 1. The first-order valence-electron chi connectivity index (χ1n) is 6.34. The zero-order valence-corrected chi connectivity index (χ0v) is 10.0. The van der Waals surface area contributed by atoms with Crippen molar-refractivity contribution in [3.05, 3.63) is 0 Å². The van der Waals surface area contributed by atoms with Crippen molar-refractivity contribution in [1.29, 1.82) is 0 Å². The molecule has 1 aliphatic carbocycles. The summed E-state index contributed by atoms with van der Waals surface area (Å²) in [7, 11) is 0. The summed E-state index contributed by atoms with van der Waals surface area (Å²) in [5.74, 6) is 1.43. The molecular weight excluding hydrogens is 188 g/mol. The van der Waals surface area contributed by atoms with E-state index >= 15 is 0 Å². The number of Topliss-reactive ketones (excluding diaryl/α,β-unsaturated/α-hetero) is 1. The average Bonchev–Trinajstić information content (AvgIpc) is 2.19. The van der Waals surface area contributed by atoms with Crippen LogP contribution >= 0.6 is 0 Å². The Morgan fingerprint density at radius 1 is 1.47 bits per heavy atom. The molecule has 0 heterocycles. The van der Waals surface area contributed by atoms with Crippen LogP contribution in [0.15, 0.2) is 0 Å². The maximum Gasteiger partial charge on any atom is 0.135 e. The fourth-order valence-electron chi connectivity index (χ4n) is 2.59. The van der Waals surface area contributed by atoms with Gasteiger partial charge in [0.25, 0.3) is 0 Å². The van der Waals surface area contributed by atoms with Gasteiger partial charge in [-0.3, -0.25) is 4.79 Å². The van der Waals surface area contributed by atoms with E-state index in [1.54, 1.807) is 6.92 Å². The van der Waals surface area contributed by atoms with Crippen LogP contribution in [0.5, 0.6) is 0 Å². The molecule has 2 heteroatoms. The van der Waals surface area contributed by atoms with Gasteiger partial charge >= 0.3 is 0 Å². The monoisotopic (exact) mass is 212 g/mol. The molecule has 3 unspecified atom stereocenters. The molecule has 0 amide bonds. The molecular formula is C13H24O2. The van der Waals surface area contributed by atoms with Crippen molar-refractivity contribution in [3.8, 4) is 0 Å². The van der Waals surface area contributed by atoms with E-state index in [2.05, 4.69) is 6.92 Å². The van der Waals surface area contributed by atoms with Crippen LogP contribution in [-0.2, 0) is 4.79 Å². The van der Waals surface area contributed by atoms with Crippen molar-refractivity contribution in [2.75, 3.05) is 0 Å². The lowest BCUT2D eigenvalue weighted by atomic mass is 9.76. The molecule has 2 nitrogen and oxygen atoms in total. The molecule has 0 aromatic carbocycles. The lowest BCUT2D eigenvalue weighted by molar-refractivity contribution is -0.126. The van der Waals surface area contributed by atoms with Gasteiger partial charge in [-0.15, -0.1) is 0 Å². The molecule has 0 aromatic rings. The highest BCUT2D eigenvalue weighted by molar-refractivity contribution is 5.81. The summed E-state index contributed by atoms with van der Waals surface area (Å²) in [6.45, 7) is 4.01. The third kappa shape index (κ3) is 4.33. The number of ketones is 1. The van der Waals surface area contributed by atoms with Crippen LogP contribution in [0.2, 0.25) is 0 Å². The quantitative estimate of drug-likeness (QED) is 0.760. The number of hydrogen-bond acceptors (Lipinski definition) is 2. The second-order valence-electron chi connectivity index (χ2n) is 5.02. The Morgan fingerprint density at radius 2 is 2.20 bits per heavy atom. The lowest BCUT2D eigenvalue weighted by Gasteiger charge is -2.28. The van der Waals surface area contributed by atoms with Crippen molar-refractivity contribution in [1.82, 2.24) is 0 Å². The number of carbonyl (C=O) groups excluding carboxylic acids is 1. The van der Waals surface area contributed by atoms with Crippen LogP contribution in [0.3, 0.4) is 0 Å². The number of rotatable bonds is 5. The standard InChI is InChI=1S/C13H24O2/c1-3-4-11-6-8-13(15)12(9-11)7-5-10(2)14/h10-12,14H,3-9H2,1-2H3. The van der Waals surface area contributed by atoms with Crippen LogP contribution in [0.25, 0.3) is 0 Å². The van der Waals surface area contributed by atoms with Gasteiger partial charge in [-0.1, -0.05) is 19.8 Å². The van der Waals surface area contributed by atoms with Gasteiger partial charge in [-0.25, -0.2) is 0 Å². The molecule has 0 aromatic heterocycles. The van der Waals surface area contributed by atoms with Crippen molar-refractivity contribution < 1.29 is 9.90 Å². The summed E-state index contributed by atoms with van der Waals surface area (Å²) in [5.41, 5.74) is 0. The van der Waals surface area contributed by atoms with Crippen molar-refractivity contribution in [2.24, 2.45) is 11.8 Å². The third-order valence-electron chi connectivity index (χ3n) is 3.50. The molecule has 0 spiro atoms. The Hall–Kier alpha value is -0.370. The summed E-state index contributed by atoms with van der Waals surface area (Å²) in [6.07, 6.45) is 6.82. The van der Waals surface area contributed by atoms with Gasteiger partial charge in [0.05, 0.1) is 6.10 Å². The molecule has 1 fully saturated rings. The smallest absolute Gasteiger partial charge is 0.135 e. The maximum atomic E-state index is 11.7. The first kappa shape index (κ1) is 12.7. The van der Waals surface area contributed by atoms with E-state index in [4.69, 9.17) is 0 Å². The minimum atomic E-state index is -0.260. The van der Waals surface area contributed by atoms with Gasteiger partial charge in [0, 0.05) is 12.3 Å². The number of aliphatic hydroxyl groups is 1. The van der Waals surface area contributed by atoms with E-state index in [-0.39, 0.29) is 12.0 Å². The van der Waals surface area contributed by atoms with Crippen LogP contribution in [0.4, 0.5) is 0 Å². The Morgan fingerprint density at radius 3 is 2.80 bits per heavy atom. The maximum absolute atomic E-state index is 11.7. The molecule has 3 atom stereocenters. The third-order valence-corrected chi connectivity index (χ3v) is 3.50. The Balaban J connectivity index is 2.36. The van der Waals surface area contributed by atoms with Gasteiger partial charge in [0.1, 0.15) is 5.78 Å². The van der Waals surface area contributed by atoms with E-state index in [0.29, 0.717) is 5.78 Å². The van der Waals surface area contributed by atoms with E-state index in [0.717, 1.165) is 38.0 Å². The summed E-state index contributed by atoms with van der Waals surface area (Å²) >= 11 is 0. The summed E-state index contributed by atoms with van der Waals surface area (Å²) in [4.78, 5) is 11.7. The SMILES string of the molecule is CCCC1CCC(=O)C(CCC(C)O)C1. The Labute approximate surface area is 93.1 Å². The highest BCUT2D eigenvalue weighted by Gasteiger charge is 2.27. The molecule has 0 saturated heterocycles. The predicted molar refractivity (Wildman–Crippen MR) is 61.7 cm³/mol. The molecule has 1 saturated carbocycles. The van der Waals surface area contributed by atoms with E-state index in [9.17, 15) is 9.90 Å². The van der Waals surface area contributed by atoms with E-state index in [1.165, 1.54) is 12.8 Å². The molecule has 15 heavy (non-hydrogen) atoms. The molecule has 88 valence electrons. The summed E-state index contributed by atoms with van der Waals surface area (Å²) in [6, 6.07) is 0. The molecule has 0 radical (unpaired) electrons. The van der Waals surface area contributed by atoms with Crippen LogP contribution in [0.1, 0.15) is 58.8 Å². The number of aliphatic hydroxyl groups excluding tert-OH is 1. The average molecular weight is 212 g/mol. The minimum Gasteiger partial charge on any atom is -0.393 e. The Kier molecular flexibility index (Phi) is 5.30. The largest absolute Gasteiger partial charge is 0.393 e. The van der Waals surface area contributed by atoms with Crippen molar-refractivity contribution in [2.45, 2.75) is 64.9 Å². The van der Waals surface area contributed by atoms with Crippen LogP contribution in [-0.4, -0.2) is 17.0 Å². The van der Waals surface area contributed by atoms with Crippen molar-refractivity contribution in [3.63, 3.8) is 0 Å². The summed E-state index contributed by atoms with van der Waals surface area (Å²) < 4.78 is 0.